The van der Waals surface area contributed by atoms with E-state index in [0.717, 1.165) is 12.8 Å². The molecule has 74 valence electrons. The van der Waals surface area contributed by atoms with E-state index in [9.17, 15) is 0 Å². The zero-order valence-electron chi connectivity index (χ0n) is 8.54. The Morgan fingerprint density at radius 1 is 1.38 bits per heavy atom. The van der Waals surface area contributed by atoms with Crippen LogP contribution in [-0.2, 0) is 4.74 Å². The fourth-order valence-electron chi connectivity index (χ4n) is 1.97. The van der Waals surface area contributed by atoms with E-state index in [1.54, 1.807) is 0 Å². The summed E-state index contributed by atoms with van der Waals surface area (Å²) in [6.45, 7) is 9.68. The van der Waals surface area contributed by atoms with Gasteiger partial charge in [-0.25, -0.2) is 0 Å². The Kier molecular flexibility index (Phi) is 4.23. The number of ether oxygens (including phenoxy) is 1. The van der Waals surface area contributed by atoms with E-state index >= 15 is 0 Å². The van der Waals surface area contributed by atoms with Crippen molar-refractivity contribution < 1.29 is 4.74 Å². The average molecular weight is 180 g/mol. The number of rotatable bonds is 6. The van der Waals surface area contributed by atoms with Gasteiger partial charge in [-0.15, -0.1) is 13.2 Å². The van der Waals surface area contributed by atoms with E-state index < -0.39 is 0 Å². The molecule has 0 N–H and O–H groups in total. The standard InChI is InChI=1S/C12H20O/c1-4-6-11(7-5-2)9-12-8-10(3)13-12/h4-5,10-12H,1-2,6-9H2,3H3. The highest BCUT2D eigenvalue weighted by molar-refractivity contribution is 4.84. The summed E-state index contributed by atoms with van der Waals surface area (Å²) >= 11 is 0. The molecule has 1 heterocycles. The monoisotopic (exact) mass is 180 g/mol. The summed E-state index contributed by atoms with van der Waals surface area (Å²) in [7, 11) is 0. The second-order valence-corrected chi connectivity index (χ2v) is 3.95. The van der Waals surface area contributed by atoms with Gasteiger partial charge in [0.05, 0.1) is 12.2 Å². The Labute approximate surface area is 81.5 Å². The van der Waals surface area contributed by atoms with Crippen molar-refractivity contribution in [1.82, 2.24) is 0 Å². The Balaban J connectivity index is 2.21. The van der Waals surface area contributed by atoms with Crippen LogP contribution in [0.5, 0.6) is 0 Å². The molecule has 13 heavy (non-hydrogen) atoms. The van der Waals surface area contributed by atoms with Crippen molar-refractivity contribution in [2.24, 2.45) is 5.92 Å². The van der Waals surface area contributed by atoms with Crippen LogP contribution in [0.1, 0.15) is 32.6 Å². The third-order valence-electron chi connectivity index (χ3n) is 2.62. The number of allylic oxidation sites excluding steroid dienone is 2. The van der Waals surface area contributed by atoms with Crippen LogP contribution in [0.15, 0.2) is 25.3 Å². The van der Waals surface area contributed by atoms with E-state index in [0.29, 0.717) is 18.1 Å². The average Bonchev–Trinajstić information content (AvgIpc) is 2.02. The summed E-state index contributed by atoms with van der Waals surface area (Å²) in [5, 5.41) is 0. The predicted octanol–water partition coefficient (Wildman–Crippen LogP) is 3.32. The lowest BCUT2D eigenvalue weighted by Crippen LogP contribution is -2.36. The SMILES string of the molecule is C=CCC(CC=C)CC1CC(C)O1. The predicted molar refractivity (Wildman–Crippen MR) is 56.7 cm³/mol. The number of hydrogen-bond donors (Lipinski definition) is 0. The fraction of sp³-hybridized carbons (Fsp3) is 0.667. The van der Waals surface area contributed by atoms with Gasteiger partial charge in [0.25, 0.3) is 0 Å². The molecule has 0 aliphatic carbocycles. The Morgan fingerprint density at radius 3 is 2.31 bits per heavy atom. The van der Waals surface area contributed by atoms with Crippen LogP contribution >= 0.6 is 0 Å². The lowest BCUT2D eigenvalue weighted by molar-refractivity contribution is -0.122. The smallest absolute Gasteiger partial charge is 0.0606 e. The topological polar surface area (TPSA) is 9.23 Å². The molecule has 1 fully saturated rings. The minimum absolute atomic E-state index is 0.484. The number of hydrogen-bond acceptors (Lipinski definition) is 1. The van der Waals surface area contributed by atoms with Gasteiger partial charge in [-0.3, -0.25) is 0 Å². The molecule has 0 spiro atoms. The highest BCUT2D eigenvalue weighted by Crippen LogP contribution is 2.28. The van der Waals surface area contributed by atoms with Crippen LogP contribution in [0.4, 0.5) is 0 Å². The first-order valence-corrected chi connectivity index (χ1v) is 5.13. The van der Waals surface area contributed by atoms with Crippen LogP contribution in [0.25, 0.3) is 0 Å². The highest BCUT2D eigenvalue weighted by Gasteiger charge is 2.27. The van der Waals surface area contributed by atoms with Crippen LogP contribution < -0.4 is 0 Å². The van der Waals surface area contributed by atoms with E-state index in [1.807, 2.05) is 12.2 Å². The van der Waals surface area contributed by atoms with Crippen molar-refractivity contribution in [3.05, 3.63) is 25.3 Å². The first kappa shape index (κ1) is 10.5. The van der Waals surface area contributed by atoms with Gasteiger partial charge in [-0.2, -0.15) is 0 Å². The van der Waals surface area contributed by atoms with Gasteiger partial charge < -0.3 is 4.74 Å². The molecule has 1 rings (SSSR count). The summed E-state index contributed by atoms with van der Waals surface area (Å²) in [6, 6.07) is 0. The highest BCUT2D eigenvalue weighted by atomic mass is 16.5. The molecule has 2 unspecified atom stereocenters. The molecule has 0 aromatic heterocycles. The molecule has 0 aromatic rings. The first-order valence-electron chi connectivity index (χ1n) is 5.13. The van der Waals surface area contributed by atoms with Gasteiger partial charge in [-0.05, 0) is 38.5 Å². The normalized spacial score (nSPS) is 26.9. The summed E-state index contributed by atoms with van der Waals surface area (Å²) in [5.74, 6) is 0.687. The van der Waals surface area contributed by atoms with Crippen LogP contribution in [-0.4, -0.2) is 12.2 Å². The molecule has 1 aliphatic heterocycles. The summed E-state index contributed by atoms with van der Waals surface area (Å²) < 4.78 is 5.59. The van der Waals surface area contributed by atoms with Gasteiger partial charge in [0.15, 0.2) is 0 Å². The molecule has 1 saturated heterocycles. The first-order chi connectivity index (χ1) is 6.26. The van der Waals surface area contributed by atoms with Crippen molar-refractivity contribution in [3.63, 3.8) is 0 Å². The summed E-state index contributed by atoms with van der Waals surface area (Å²) in [4.78, 5) is 0. The lowest BCUT2D eigenvalue weighted by Gasteiger charge is -2.35. The molecule has 1 aliphatic rings. The largest absolute Gasteiger partial charge is 0.375 e. The Hall–Kier alpha value is -0.560. The molecule has 0 radical (unpaired) electrons. The maximum Gasteiger partial charge on any atom is 0.0606 e. The lowest BCUT2D eigenvalue weighted by atomic mass is 9.90. The third kappa shape index (κ3) is 3.35. The molecular formula is C12H20O. The molecule has 0 bridgehead atoms. The Morgan fingerprint density at radius 2 is 1.92 bits per heavy atom. The zero-order chi connectivity index (χ0) is 9.68. The van der Waals surface area contributed by atoms with Crippen LogP contribution in [0, 0.1) is 5.92 Å². The van der Waals surface area contributed by atoms with Crippen molar-refractivity contribution >= 4 is 0 Å². The van der Waals surface area contributed by atoms with Crippen molar-refractivity contribution in [3.8, 4) is 0 Å². The third-order valence-corrected chi connectivity index (χ3v) is 2.62. The van der Waals surface area contributed by atoms with Gasteiger partial charge >= 0.3 is 0 Å². The maximum absolute atomic E-state index is 5.59. The molecule has 0 saturated carbocycles. The molecular weight excluding hydrogens is 160 g/mol. The van der Waals surface area contributed by atoms with E-state index in [4.69, 9.17) is 4.74 Å². The van der Waals surface area contributed by atoms with Crippen molar-refractivity contribution in [1.29, 1.82) is 0 Å². The minimum atomic E-state index is 0.484. The van der Waals surface area contributed by atoms with Gasteiger partial charge in [0, 0.05) is 0 Å². The maximum atomic E-state index is 5.59. The van der Waals surface area contributed by atoms with Gasteiger partial charge in [0.2, 0.25) is 0 Å². The fourth-order valence-corrected chi connectivity index (χ4v) is 1.97. The van der Waals surface area contributed by atoms with E-state index in [-0.39, 0.29) is 0 Å². The second kappa shape index (κ2) is 5.23. The van der Waals surface area contributed by atoms with E-state index in [2.05, 4.69) is 20.1 Å². The van der Waals surface area contributed by atoms with Gasteiger partial charge in [-0.1, -0.05) is 12.2 Å². The summed E-state index contributed by atoms with van der Waals surface area (Å²) in [6.07, 6.45) is 9.54. The Bertz CT molecular complexity index is 158. The zero-order valence-corrected chi connectivity index (χ0v) is 8.54. The van der Waals surface area contributed by atoms with E-state index in [1.165, 1.54) is 12.8 Å². The molecule has 1 nitrogen and oxygen atoms in total. The van der Waals surface area contributed by atoms with Crippen molar-refractivity contribution in [2.45, 2.75) is 44.8 Å². The molecule has 1 heteroatoms. The second-order valence-electron chi connectivity index (χ2n) is 3.95. The molecule has 0 aromatic carbocycles. The van der Waals surface area contributed by atoms with Crippen LogP contribution in [0.3, 0.4) is 0 Å². The molecule has 2 atom stereocenters. The van der Waals surface area contributed by atoms with Gasteiger partial charge in [0.1, 0.15) is 0 Å². The summed E-state index contributed by atoms with van der Waals surface area (Å²) in [5.41, 5.74) is 0. The molecule has 0 amide bonds. The van der Waals surface area contributed by atoms with Crippen molar-refractivity contribution in [2.75, 3.05) is 0 Å². The minimum Gasteiger partial charge on any atom is -0.375 e. The quantitative estimate of drug-likeness (QED) is 0.570. The van der Waals surface area contributed by atoms with Crippen LogP contribution in [0.2, 0.25) is 0 Å².